The Morgan fingerprint density at radius 3 is 2.30 bits per heavy atom. The number of nitrogens with zero attached hydrogens (tertiary/aromatic N) is 3. The Morgan fingerprint density at radius 1 is 0.815 bits per heavy atom. The van der Waals surface area contributed by atoms with Crippen molar-refractivity contribution in [3.8, 4) is 0 Å². The van der Waals surface area contributed by atoms with E-state index < -0.39 is 0 Å². The van der Waals surface area contributed by atoms with E-state index in [1.807, 2.05) is 52.3 Å². The second-order valence-corrected chi connectivity index (χ2v) is 7.31. The van der Waals surface area contributed by atoms with Crippen LogP contribution in [-0.4, -0.2) is 72.5 Å². The molecular weight excluding hydrogens is 340 g/mol. The second kappa shape index (κ2) is 7.96. The van der Waals surface area contributed by atoms with Gasteiger partial charge in [0.05, 0.1) is 12.2 Å². The first kappa shape index (κ1) is 17.8. The molecule has 0 unspecified atom stereocenters. The van der Waals surface area contributed by atoms with Crippen LogP contribution in [0.2, 0.25) is 0 Å². The molecular formula is C21H26N4O2. The van der Waals surface area contributed by atoms with Gasteiger partial charge in [-0.3, -0.25) is 9.69 Å². The van der Waals surface area contributed by atoms with Gasteiger partial charge in [0.15, 0.2) is 0 Å². The minimum atomic E-state index is -0.0723. The van der Waals surface area contributed by atoms with E-state index in [9.17, 15) is 9.59 Å². The summed E-state index contributed by atoms with van der Waals surface area (Å²) in [6.45, 7) is 5.02. The molecule has 0 atom stereocenters. The van der Waals surface area contributed by atoms with Crippen molar-refractivity contribution in [2.24, 2.45) is 0 Å². The fraction of sp³-hybridized carbons (Fsp3) is 0.429. The van der Waals surface area contributed by atoms with E-state index in [-0.39, 0.29) is 11.9 Å². The molecule has 4 rings (SSSR count). The first-order chi connectivity index (χ1) is 13.2. The lowest BCUT2D eigenvalue weighted by molar-refractivity contribution is -0.131. The number of hydrogen-bond acceptors (Lipinski definition) is 3. The number of piperazine rings is 1. The summed E-state index contributed by atoms with van der Waals surface area (Å²) in [6, 6.07) is 13.9. The topological polar surface area (TPSA) is 55.9 Å². The lowest BCUT2D eigenvalue weighted by Crippen LogP contribution is -2.52. The van der Waals surface area contributed by atoms with Gasteiger partial charge in [0.1, 0.15) is 0 Å². The van der Waals surface area contributed by atoms with Gasteiger partial charge in [-0.05, 0) is 24.3 Å². The molecule has 2 aromatic carbocycles. The minimum absolute atomic E-state index is 0.0723. The highest BCUT2D eigenvalue weighted by atomic mass is 16.2. The summed E-state index contributed by atoms with van der Waals surface area (Å²) in [7, 11) is 0. The number of urea groups is 1. The van der Waals surface area contributed by atoms with Gasteiger partial charge in [0.25, 0.3) is 0 Å². The van der Waals surface area contributed by atoms with Crippen molar-refractivity contribution in [1.29, 1.82) is 0 Å². The number of fused-ring (bicyclic) bond motifs is 1. The van der Waals surface area contributed by atoms with Crippen LogP contribution in [0.25, 0.3) is 10.8 Å². The fourth-order valence-corrected chi connectivity index (χ4v) is 3.90. The van der Waals surface area contributed by atoms with Crippen LogP contribution in [0.15, 0.2) is 42.5 Å². The average molecular weight is 366 g/mol. The number of hydrogen-bond donors (Lipinski definition) is 1. The zero-order valence-electron chi connectivity index (χ0n) is 15.6. The molecule has 2 aliphatic rings. The van der Waals surface area contributed by atoms with Crippen molar-refractivity contribution in [3.05, 3.63) is 42.5 Å². The van der Waals surface area contributed by atoms with Crippen LogP contribution in [0.4, 0.5) is 10.5 Å². The van der Waals surface area contributed by atoms with E-state index in [0.29, 0.717) is 19.6 Å². The summed E-state index contributed by atoms with van der Waals surface area (Å²) in [5.74, 6) is 0.223. The number of anilines is 1. The smallest absolute Gasteiger partial charge is 0.321 e. The highest BCUT2D eigenvalue weighted by Gasteiger charge is 2.25. The standard InChI is InChI=1S/C21H26N4O2/c26-20(24-10-3-4-11-24)16-23-12-14-25(15-13-23)21(27)22-19-9-5-7-17-6-1-2-8-18(17)19/h1-2,5-9H,3-4,10-16H2,(H,22,27). The maximum atomic E-state index is 12.7. The zero-order chi connectivity index (χ0) is 18.6. The molecule has 27 heavy (non-hydrogen) atoms. The van der Waals surface area contributed by atoms with E-state index in [2.05, 4.69) is 10.2 Å². The lowest BCUT2D eigenvalue weighted by Gasteiger charge is -2.35. The van der Waals surface area contributed by atoms with Crippen molar-refractivity contribution in [2.45, 2.75) is 12.8 Å². The molecule has 142 valence electrons. The Balaban J connectivity index is 1.31. The third-order valence-corrected chi connectivity index (χ3v) is 5.51. The highest BCUT2D eigenvalue weighted by molar-refractivity contribution is 6.01. The van der Waals surface area contributed by atoms with Gasteiger partial charge >= 0.3 is 6.03 Å². The van der Waals surface area contributed by atoms with Crippen LogP contribution in [0.1, 0.15) is 12.8 Å². The van der Waals surface area contributed by atoms with E-state index in [4.69, 9.17) is 0 Å². The summed E-state index contributed by atoms with van der Waals surface area (Å²) in [4.78, 5) is 30.9. The predicted octanol–water partition coefficient (Wildman–Crippen LogP) is 2.61. The molecule has 2 aliphatic heterocycles. The molecule has 3 amide bonds. The van der Waals surface area contributed by atoms with Gasteiger partial charge in [-0.1, -0.05) is 36.4 Å². The van der Waals surface area contributed by atoms with Crippen molar-refractivity contribution in [1.82, 2.24) is 14.7 Å². The van der Waals surface area contributed by atoms with Crippen molar-refractivity contribution in [3.63, 3.8) is 0 Å². The molecule has 0 radical (unpaired) electrons. The third kappa shape index (κ3) is 4.06. The number of carbonyl (C=O) groups excluding carboxylic acids is 2. The van der Waals surface area contributed by atoms with Crippen LogP contribution in [-0.2, 0) is 4.79 Å². The molecule has 2 fully saturated rings. The van der Waals surface area contributed by atoms with Crippen molar-refractivity contribution < 1.29 is 9.59 Å². The Labute approximate surface area is 159 Å². The molecule has 1 N–H and O–H groups in total. The average Bonchev–Trinajstić information content (AvgIpc) is 3.24. The van der Waals surface area contributed by atoms with Crippen LogP contribution in [0, 0.1) is 0 Å². The molecule has 2 heterocycles. The predicted molar refractivity (Wildman–Crippen MR) is 107 cm³/mol. The van der Waals surface area contributed by atoms with Crippen LogP contribution >= 0.6 is 0 Å². The molecule has 0 aromatic heterocycles. The summed E-state index contributed by atoms with van der Waals surface area (Å²) in [5.41, 5.74) is 0.838. The van der Waals surface area contributed by atoms with Gasteiger partial charge < -0.3 is 15.1 Å². The van der Waals surface area contributed by atoms with Gasteiger partial charge in [-0.25, -0.2) is 4.79 Å². The van der Waals surface area contributed by atoms with Gasteiger partial charge in [0, 0.05) is 44.7 Å². The SMILES string of the molecule is O=C(CN1CCN(C(=O)Nc2cccc3ccccc23)CC1)N1CCCC1. The molecule has 2 aromatic rings. The number of rotatable bonds is 3. The van der Waals surface area contributed by atoms with Crippen LogP contribution < -0.4 is 5.32 Å². The molecule has 6 nitrogen and oxygen atoms in total. The summed E-state index contributed by atoms with van der Waals surface area (Å²) in [6.07, 6.45) is 2.24. The van der Waals surface area contributed by atoms with Crippen LogP contribution in [0.5, 0.6) is 0 Å². The highest BCUT2D eigenvalue weighted by Crippen LogP contribution is 2.23. The summed E-state index contributed by atoms with van der Waals surface area (Å²) < 4.78 is 0. The summed E-state index contributed by atoms with van der Waals surface area (Å²) >= 11 is 0. The van der Waals surface area contributed by atoms with Gasteiger partial charge in [-0.2, -0.15) is 0 Å². The minimum Gasteiger partial charge on any atom is -0.342 e. The van der Waals surface area contributed by atoms with Gasteiger partial charge in [0.2, 0.25) is 5.91 Å². The Hall–Kier alpha value is -2.60. The first-order valence-corrected chi connectivity index (χ1v) is 9.74. The fourth-order valence-electron chi connectivity index (χ4n) is 3.90. The number of likely N-dealkylation sites (tertiary alicyclic amines) is 1. The van der Waals surface area contributed by atoms with Gasteiger partial charge in [-0.15, -0.1) is 0 Å². The Kier molecular flexibility index (Phi) is 5.25. The number of nitrogens with one attached hydrogen (secondary N) is 1. The van der Waals surface area contributed by atoms with Crippen molar-refractivity contribution >= 4 is 28.4 Å². The number of benzene rings is 2. The molecule has 6 heteroatoms. The molecule has 2 saturated heterocycles. The Morgan fingerprint density at radius 2 is 1.52 bits per heavy atom. The molecule has 0 spiro atoms. The largest absolute Gasteiger partial charge is 0.342 e. The molecule has 0 bridgehead atoms. The molecule has 0 saturated carbocycles. The lowest BCUT2D eigenvalue weighted by atomic mass is 10.1. The first-order valence-electron chi connectivity index (χ1n) is 9.74. The van der Waals surface area contributed by atoms with E-state index in [1.165, 1.54) is 0 Å². The van der Waals surface area contributed by atoms with Crippen LogP contribution in [0.3, 0.4) is 0 Å². The number of amides is 3. The third-order valence-electron chi connectivity index (χ3n) is 5.51. The monoisotopic (exact) mass is 366 g/mol. The quantitative estimate of drug-likeness (QED) is 0.909. The van der Waals surface area contributed by atoms with E-state index in [0.717, 1.165) is 55.5 Å². The van der Waals surface area contributed by atoms with E-state index >= 15 is 0 Å². The maximum Gasteiger partial charge on any atom is 0.321 e. The Bertz CT molecular complexity index is 819. The van der Waals surface area contributed by atoms with E-state index in [1.54, 1.807) is 0 Å². The zero-order valence-corrected chi connectivity index (χ0v) is 15.6. The molecule has 0 aliphatic carbocycles. The normalized spacial score (nSPS) is 18.1. The summed E-state index contributed by atoms with van der Waals surface area (Å²) in [5, 5.41) is 5.20. The van der Waals surface area contributed by atoms with Crippen molar-refractivity contribution in [2.75, 3.05) is 51.1 Å². The maximum absolute atomic E-state index is 12.7. The number of carbonyl (C=O) groups is 2. The second-order valence-electron chi connectivity index (χ2n) is 7.31.